The van der Waals surface area contributed by atoms with Gasteiger partial charge in [-0.3, -0.25) is 9.59 Å². The number of carboxylic acids is 1. The summed E-state index contributed by atoms with van der Waals surface area (Å²) in [5.74, 6) is -1.12. The van der Waals surface area contributed by atoms with E-state index in [1.165, 1.54) is 6.20 Å². The van der Waals surface area contributed by atoms with Gasteiger partial charge < -0.3 is 15.7 Å². The van der Waals surface area contributed by atoms with E-state index in [2.05, 4.69) is 4.98 Å². The van der Waals surface area contributed by atoms with Gasteiger partial charge in [-0.05, 0) is 25.0 Å². The van der Waals surface area contributed by atoms with Crippen molar-refractivity contribution in [1.29, 1.82) is 0 Å². The van der Waals surface area contributed by atoms with Gasteiger partial charge in [-0.15, -0.1) is 0 Å². The Bertz CT molecular complexity index is 532. The summed E-state index contributed by atoms with van der Waals surface area (Å²) in [6, 6.07) is 3.28. The Hall–Kier alpha value is -2.11. The number of amides is 1. The SMILES string of the molecule is CCCC1(C(=O)O)CCN(C(=O)c2ncccc2N)C1. The summed E-state index contributed by atoms with van der Waals surface area (Å²) in [6.45, 7) is 2.61. The van der Waals surface area contributed by atoms with Crippen LogP contribution in [0.15, 0.2) is 18.3 Å². The lowest BCUT2D eigenvalue weighted by molar-refractivity contribution is -0.148. The number of anilines is 1. The topological polar surface area (TPSA) is 96.5 Å². The van der Waals surface area contributed by atoms with Crippen LogP contribution in [0.4, 0.5) is 5.69 Å². The first-order chi connectivity index (χ1) is 9.50. The van der Waals surface area contributed by atoms with Crippen molar-refractivity contribution in [2.24, 2.45) is 5.41 Å². The van der Waals surface area contributed by atoms with Gasteiger partial charge in [-0.1, -0.05) is 13.3 Å². The quantitative estimate of drug-likeness (QED) is 0.866. The summed E-state index contributed by atoms with van der Waals surface area (Å²) >= 11 is 0. The van der Waals surface area contributed by atoms with E-state index in [0.29, 0.717) is 25.1 Å². The van der Waals surface area contributed by atoms with Gasteiger partial charge in [-0.25, -0.2) is 4.98 Å². The van der Waals surface area contributed by atoms with Crippen molar-refractivity contribution in [2.75, 3.05) is 18.8 Å². The third kappa shape index (κ3) is 2.45. The molecule has 2 rings (SSSR count). The molecule has 0 bridgehead atoms. The van der Waals surface area contributed by atoms with Crippen LogP contribution in [0.1, 0.15) is 36.7 Å². The number of aliphatic carboxylic acids is 1. The molecule has 1 aromatic rings. The van der Waals surface area contributed by atoms with Crippen molar-refractivity contribution in [3.8, 4) is 0 Å². The van der Waals surface area contributed by atoms with E-state index in [4.69, 9.17) is 5.73 Å². The molecule has 0 aromatic carbocycles. The lowest BCUT2D eigenvalue weighted by Gasteiger charge is -2.24. The average molecular weight is 277 g/mol. The third-order valence-electron chi connectivity index (χ3n) is 3.86. The molecule has 1 saturated heterocycles. The summed E-state index contributed by atoms with van der Waals surface area (Å²) in [6.07, 6.45) is 3.34. The second-order valence-electron chi connectivity index (χ2n) is 5.25. The molecule has 0 spiro atoms. The zero-order valence-corrected chi connectivity index (χ0v) is 11.5. The third-order valence-corrected chi connectivity index (χ3v) is 3.86. The number of hydrogen-bond acceptors (Lipinski definition) is 4. The van der Waals surface area contributed by atoms with Crippen LogP contribution in [0.3, 0.4) is 0 Å². The molecule has 1 aliphatic rings. The molecule has 20 heavy (non-hydrogen) atoms. The van der Waals surface area contributed by atoms with Crippen LogP contribution >= 0.6 is 0 Å². The highest BCUT2D eigenvalue weighted by Crippen LogP contribution is 2.36. The molecule has 1 aromatic heterocycles. The summed E-state index contributed by atoms with van der Waals surface area (Å²) in [5, 5.41) is 9.44. The number of carbonyl (C=O) groups is 2. The summed E-state index contributed by atoms with van der Waals surface area (Å²) in [7, 11) is 0. The number of likely N-dealkylation sites (tertiary alicyclic amines) is 1. The maximum atomic E-state index is 12.4. The van der Waals surface area contributed by atoms with E-state index in [0.717, 1.165) is 6.42 Å². The maximum Gasteiger partial charge on any atom is 0.311 e. The number of nitrogen functional groups attached to an aromatic ring is 1. The first kappa shape index (κ1) is 14.3. The fraction of sp³-hybridized carbons (Fsp3) is 0.500. The highest BCUT2D eigenvalue weighted by atomic mass is 16.4. The molecule has 2 heterocycles. The molecule has 108 valence electrons. The smallest absolute Gasteiger partial charge is 0.311 e. The minimum absolute atomic E-state index is 0.199. The second-order valence-corrected chi connectivity index (χ2v) is 5.25. The molecule has 0 saturated carbocycles. The Labute approximate surface area is 117 Å². The standard InChI is InChI=1S/C14H19N3O3/c1-2-5-14(13(19)20)6-8-17(9-14)12(18)11-10(15)4-3-7-16-11/h3-4,7H,2,5-6,8-9,15H2,1H3,(H,19,20). The maximum absolute atomic E-state index is 12.4. The second kappa shape index (κ2) is 5.48. The van der Waals surface area contributed by atoms with E-state index in [-0.39, 0.29) is 18.1 Å². The van der Waals surface area contributed by atoms with Gasteiger partial charge in [0.1, 0.15) is 0 Å². The van der Waals surface area contributed by atoms with Crippen LogP contribution in [0.2, 0.25) is 0 Å². The molecular formula is C14H19N3O3. The molecule has 1 fully saturated rings. The summed E-state index contributed by atoms with van der Waals surface area (Å²) in [5.41, 5.74) is 5.44. The van der Waals surface area contributed by atoms with Gasteiger partial charge in [0, 0.05) is 19.3 Å². The summed E-state index contributed by atoms with van der Waals surface area (Å²) in [4.78, 5) is 29.4. The normalized spacial score (nSPS) is 21.9. The molecule has 0 aliphatic carbocycles. The Kier molecular flexibility index (Phi) is 3.92. The molecule has 6 heteroatoms. The van der Waals surface area contributed by atoms with E-state index in [1.807, 2.05) is 6.92 Å². The predicted molar refractivity (Wildman–Crippen MR) is 74.1 cm³/mol. The van der Waals surface area contributed by atoms with Crippen molar-refractivity contribution in [2.45, 2.75) is 26.2 Å². The number of nitrogens with zero attached hydrogens (tertiary/aromatic N) is 2. The van der Waals surface area contributed by atoms with Gasteiger partial charge >= 0.3 is 5.97 Å². The molecule has 1 unspecified atom stereocenters. The largest absolute Gasteiger partial charge is 0.481 e. The molecule has 0 radical (unpaired) electrons. The lowest BCUT2D eigenvalue weighted by atomic mass is 9.83. The van der Waals surface area contributed by atoms with E-state index in [9.17, 15) is 14.7 Å². The van der Waals surface area contributed by atoms with Crippen LogP contribution in [0, 0.1) is 5.41 Å². The zero-order chi connectivity index (χ0) is 14.8. The van der Waals surface area contributed by atoms with Crippen LogP contribution in [0.5, 0.6) is 0 Å². The number of pyridine rings is 1. The number of aromatic nitrogens is 1. The van der Waals surface area contributed by atoms with Gasteiger partial charge in [0.2, 0.25) is 0 Å². The van der Waals surface area contributed by atoms with Crippen molar-refractivity contribution in [1.82, 2.24) is 9.88 Å². The van der Waals surface area contributed by atoms with Crippen LogP contribution in [-0.2, 0) is 4.79 Å². The molecule has 3 N–H and O–H groups in total. The van der Waals surface area contributed by atoms with Crippen LogP contribution in [-0.4, -0.2) is 40.0 Å². The van der Waals surface area contributed by atoms with Crippen molar-refractivity contribution in [3.63, 3.8) is 0 Å². The highest BCUT2D eigenvalue weighted by Gasteiger charge is 2.45. The number of hydrogen-bond donors (Lipinski definition) is 2. The first-order valence-electron chi connectivity index (χ1n) is 6.73. The monoisotopic (exact) mass is 277 g/mol. The lowest BCUT2D eigenvalue weighted by Crippen LogP contribution is -2.37. The van der Waals surface area contributed by atoms with Crippen molar-refractivity contribution >= 4 is 17.6 Å². The first-order valence-corrected chi connectivity index (χ1v) is 6.73. The Balaban J connectivity index is 2.19. The average Bonchev–Trinajstić information content (AvgIpc) is 2.85. The molecule has 1 atom stereocenters. The molecule has 6 nitrogen and oxygen atoms in total. The Morgan fingerprint density at radius 1 is 1.55 bits per heavy atom. The van der Waals surface area contributed by atoms with Gasteiger partial charge in [-0.2, -0.15) is 0 Å². The summed E-state index contributed by atoms with van der Waals surface area (Å²) < 4.78 is 0. The van der Waals surface area contributed by atoms with E-state index >= 15 is 0 Å². The number of carbonyl (C=O) groups excluding carboxylic acids is 1. The predicted octanol–water partition coefficient (Wildman–Crippen LogP) is 1.38. The minimum atomic E-state index is -0.830. The van der Waals surface area contributed by atoms with E-state index < -0.39 is 11.4 Å². The highest BCUT2D eigenvalue weighted by molar-refractivity contribution is 5.97. The molecule has 1 amide bonds. The fourth-order valence-corrected chi connectivity index (χ4v) is 2.76. The van der Waals surface area contributed by atoms with Gasteiger partial charge in [0.15, 0.2) is 5.69 Å². The van der Waals surface area contributed by atoms with Crippen LogP contribution in [0.25, 0.3) is 0 Å². The molecular weight excluding hydrogens is 258 g/mol. The van der Waals surface area contributed by atoms with Crippen molar-refractivity contribution in [3.05, 3.63) is 24.0 Å². The van der Waals surface area contributed by atoms with E-state index in [1.54, 1.807) is 17.0 Å². The van der Waals surface area contributed by atoms with Crippen molar-refractivity contribution < 1.29 is 14.7 Å². The van der Waals surface area contributed by atoms with Gasteiger partial charge in [0.05, 0.1) is 11.1 Å². The number of nitrogens with two attached hydrogens (primary N) is 1. The molecule has 1 aliphatic heterocycles. The zero-order valence-electron chi connectivity index (χ0n) is 11.5. The number of carboxylic acid groups (broad SMARTS) is 1. The Morgan fingerprint density at radius 3 is 2.90 bits per heavy atom. The minimum Gasteiger partial charge on any atom is -0.481 e. The fourth-order valence-electron chi connectivity index (χ4n) is 2.76. The van der Waals surface area contributed by atoms with Gasteiger partial charge in [0.25, 0.3) is 5.91 Å². The van der Waals surface area contributed by atoms with Crippen LogP contribution < -0.4 is 5.73 Å². The Morgan fingerprint density at radius 2 is 2.30 bits per heavy atom. The number of rotatable bonds is 4.